The number of hydrogen-bond donors (Lipinski definition) is 1. The molecule has 0 bridgehead atoms. The van der Waals surface area contributed by atoms with Crippen molar-refractivity contribution in [1.82, 2.24) is 0 Å². The predicted molar refractivity (Wildman–Crippen MR) is 175 cm³/mol. The van der Waals surface area contributed by atoms with Crippen LogP contribution >= 0.6 is 11.3 Å². The minimum Gasteiger partial charge on any atom is -0.496 e. The topological polar surface area (TPSA) is 89.5 Å². The van der Waals surface area contributed by atoms with Crippen molar-refractivity contribution in [3.05, 3.63) is 98.0 Å². The van der Waals surface area contributed by atoms with Crippen LogP contribution in [0.25, 0.3) is 18.2 Å². The van der Waals surface area contributed by atoms with E-state index in [0.29, 0.717) is 17.2 Å². The van der Waals surface area contributed by atoms with Gasteiger partial charge in [-0.25, -0.2) is 0 Å². The van der Waals surface area contributed by atoms with E-state index in [9.17, 15) is 28.8 Å². The quantitative estimate of drug-likeness (QED) is 0.162. The van der Waals surface area contributed by atoms with Crippen molar-refractivity contribution in [1.29, 1.82) is 10.5 Å². The third-order valence-corrected chi connectivity index (χ3v) is 7.84. The molecule has 2 heterocycles. The zero-order chi connectivity index (χ0) is 33.8. The van der Waals surface area contributed by atoms with Gasteiger partial charge < -0.3 is 19.5 Å². The van der Waals surface area contributed by atoms with Crippen molar-refractivity contribution >= 4 is 35.3 Å². The van der Waals surface area contributed by atoms with Crippen molar-refractivity contribution in [3.8, 4) is 30.7 Å². The average Bonchev–Trinajstić information content (AvgIpc) is 3.64. The molecule has 0 aliphatic carbocycles. The van der Waals surface area contributed by atoms with Crippen LogP contribution in [0.15, 0.2) is 82.7 Å². The van der Waals surface area contributed by atoms with Gasteiger partial charge in [0.1, 0.15) is 17.4 Å². The summed E-state index contributed by atoms with van der Waals surface area (Å²) >= 11 is 1.35. The minimum atomic E-state index is -4.93. The number of rotatable bonds is 10. The number of methoxy groups -OCH3 is 1. The smallest absolute Gasteiger partial charge is 0.436 e. The monoisotopic (exact) mass is 633 g/mol. The molecule has 0 saturated heterocycles. The van der Waals surface area contributed by atoms with Gasteiger partial charge in [0, 0.05) is 46.2 Å². The molecule has 234 valence electrons. The van der Waals surface area contributed by atoms with E-state index in [1.807, 2.05) is 60.5 Å². The second-order valence-electron chi connectivity index (χ2n) is 9.60. The zero-order valence-corrected chi connectivity index (χ0v) is 26.5. The Labute approximate surface area is 266 Å². The number of terminal acetylenes is 1. The van der Waals surface area contributed by atoms with Gasteiger partial charge in [-0.3, -0.25) is 0 Å². The first-order valence-corrected chi connectivity index (χ1v) is 14.4. The SMILES string of the molecule is C#C.C/C=C\C=C(/C)C1(C(F)(F)F)O/C(=C(/C)C#N)C(C#N)=C1/C=C/c1ccc(/C=C/c2ccc(N(C)CCO)cc2OC)s1. The molecule has 1 N–H and O–H groups in total. The van der Waals surface area contributed by atoms with Crippen molar-refractivity contribution < 1.29 is 27.8 Å². The summed E-state index contributed by atoms with van der Waals surface area (Å²) in [5.74, 6) is 0.265. The number of aliphatic hydroxyl groups excluding tert-OH is 1. The Morgan fingerprint density at radius 2 is 1.76 bits per heavy atom. The number of thiophene rings is 1. The molecule has 0 radical (unpaired) electrons. The molecule has 1 aromatic carbocycles. The lowest BCUT2D eigenvalue weighted by molar-refractivity contribution is -0.228. The Morgan fingerprint density at radius 1 is 1.11 bits per heavy atom. The Balaban J connectivity index is 0.00000345. The van der Waals surface area contributed by atoms with Gasteiger partial charge >= 0.3 is 6.18 Å². The number of nitriles is 2. The second kappa shape index (κ2) is 16.2. The Kier molecular flexibility index (Phi) is 13.1. The van der Waals surface area contributed by atoms with Gasteiger partial charge in [0.25, 0.3) is 5.60 Å². The molecule has 3 rings (SSSR count). The van der Waals surface area contributed by atoms with Crippen molar-refractivity contribution in [2.45, 2.75) is 32.5 Å². The van der Waals surface area contributed by atoms with Crippen molar-refractivity contribution in [2.24, 2.45) is 0 Å². The van der Waals surface area contributed by atoms with Gasteiger partial charge in [0.15, 0.2) is 5.76 Å². The number of likely N-dealkylation sites (N-methyl/N-ethyl adjacent to an activating group) is 1. The molecule has 1 aromatic heterocycles. The number of anilines is 1. The number of benzene rings is 1. The average molecular weight is 634 g/mol. The summed E-state index contributed by atoms with van der Waals surface area (Å²) in [6.45, 7) is 4.79. The molecule has 10 heteroatoms. The van der Waals surface area contributed by atoms with Crippen LogP contribution in [0.4, 0.5) is 18.9 Å². The third-order valence-electron chi connectivity index (χ3n) is 6.83. The summed E-state index contributed by atoms with van der Waals surface area (Å²) in [5.41, 5.74) is -2.24. The number of allylic oxidation sites excluding steroid dienone is 5. The first-order valence-electron chi connectivity index (χ1n) is 13.6. The fraction of sp³-hybridized carbons (Fsp3) is 0.257. The van der Waals surface area contributed by atoms with Gasteiger partial charge in [-0.2, -0.15) is 23.7 Å². The van der Waals surface area contributed by atoms with Crippen LogP contribution in [0.1, 0.15) is 36.1 Å². The predicted octanol–water partition coefficient (Wildman–Crippen LogP) is 8.09. The lowest BCUT2D eigenvalue weighted by atomic mass is 9.84. The van der Waals surface area contributed by atoms with Gasteiger partial charge in [-0.1, -0.05) is 24.3 Å². The van der Waals surface area contributed by atoms with Crippen LogP contribution in [0.3, 0.4) is 0 Å². The second-order valence-corrected chi connectivity index (χ2v) is 10.7. The highest BCUT2D eigenvalue weighted by molar-refractivity contribution is 7.13. The van der Waals surface area contributed by atoms with E-state index in [-0.39, 0.29) is 34.7 Å². The fourth-order valence-corrected chi connectivity index (χ4v) is 5.32. The summed E-state index contributed by atoms with van der Waals surface area (Å²) in [6.07, 6.45) is 13.9. The summed E-state index contributed by atoms with van der Waals surface area (Å²) in [6, 6.07) is 12.9. The van der Waals surface area contributed by atoms with Crippen LogP contribution in [-0.2, 0) is 4.74 Å². The van der Waals surface area contributed by atoms with E-state index >= 15 is 0 Å². The molecule has 1 aliphatic rings. The largest absolute Gasteiger partial charge is 0.496 e. The molecule has 0 fully saturated rings. The molecule has 0 spiro atoms. The van der Waals surface area contributed by atoms with Crippen LogP contribution in [0.2, 0.25) is 0 Å². The Morgan fingerprint density at radius 3 is 2.29 bits per heavy atom. The molecule has 1 aliphatic heterocycles. The van der Waals surface area contributed by atoms with Crippen LogP contribution in [-0.4, -0.2) is 44.2 Å². The highest BCUT2D eigenvalue weighted by Crippen LogP contribution is 2.53. The van der Waals surface area contributed by atoms with Crippen LogP contribution in [0, 0.1) is 35.5 Å². The maximum absolute atomic E-state index is 14.9. The highest BCUT2D eigenvalue weighted by atomic mass is 32.1. The van der Waals surface area contributed by atoms with Crippen molar-refractivity contribution in [2.75, 3.05) is 32.2 Å². The van der Waals surface area contributed by atoms with Gasteiger partial charge in [0.2, 0.25) is 0 Å². The molecule has 1 unspecified atom stereocenters. The maximum atomic E-state index is 14.9. The lowest BCUT2D eigenvalue weighted by Gasteiger charge is -2.34. The first kappa shape index (κ1) is 36.2. The fourth-order valence-electron chi connectivity index (χ4n) is 4.51. The van der Waals surface area contributed by atoms with E-state index in [2.05, 4.69) is 12.8 Å². The molecular weight excluding hydrogens is 599 g/mol. The normalized spacial score (nSPS) is 18.0. The van der Waals surface area contributed by atoms with Crippen molar-refractivity contribution in [3.63, 3.8) is 0 Å². The third kappa shape index (κ3) is 7.96. The molecule has 0 amide bonds. The van der Waals surface area contributed by atoms with Crippen LogP contribution < -0.4 is 9.64 Å². The van der Waals surface area contributed by atoms with Gasteiger partial charge in [0.05, 0.1) is 25.4 Å². The van der Waals surface area contributed by atoms with E-state index in [4.69, 9.17) is 9.47 Å². The van der Waals surface area contributed by atoms with Gasteiger partial charge in [-0.05, 0) is 68.8 Å². The molecule has 2 aromatic rings. The molecule has 0 saturated carbocycles. The summed E-state index contributed by atoms with van der Waals surface area (Å²) in [7, 11) is 3.44. The van der Waals surface area contributed by atoms with Gasteiger partial charge in [-0.15, -0.1) is 24.2 Å². The summed E-state index contributed by atoms with van der Waals surface area (Å²) in [4.78, 5) is 3.40. The molecule has 1 atom stereocenters. The number of aliphatic hydroxyl groups is 1. The standard InChI is InChI=1S/C33H32F3N3O3S.C2H2/c1-6-7-8-23(3)32(33(34,35)36)29(28(21-38)31(42-32)22(2)20-37)16-15-27-14-13-26(43-27)12-10-24-9-11-25(19-30(24)41-5)39(4)17-18-40;1-2/h6-16,19,40H,17-18H2,1-5H3;1-2H/b7-6-,12-10+,16-15+,23-8+,31-22-;. The lowest BCUT2D eigenvalue weighted by Crippen LogP contribution is -2.47. The van der Waals surface area contributed by atoms with E-state index in [0.717, 1.165) is 16.1 Å². The van der Waals surface area contributed by atoms with E-state index in [1.165, 1.54) is 49.5 Å². The molecule has 6 nitrogen and oxygen atoms in total. The summed E-state index contributed by atoms with van der Waals surface area (Å²) < 4.78 is 55.6. The van der Waals surface area contributed by atoms with Crippen LogP contribution in [0.5, 0.6) is 5.75 Å². The number of ether oxygens (including phenoxy) is 2. The van der Waals surface area contributed by atoms with E-state index < -0.39 is 11.8 Å². The minimum absolute atomic E-state index is 0.0266. The number of alkyl halides is 3. The highest BCUT2D eigenvalue weighted by Gasteiger charge is 2.64. The maximum Gasteiger partial charge on any atom is 0.436 e. The number of halogens is 3. The molecular formula is C35H34F3N3O3S. The Hall–Kier alpha value is -4.95. The summed E-state index contributed by atoms with van der Waals surface area (Å²) in [5, 5.41) is 28.5. The van der Waals surface area contributed by atoms with E-state index in [1.54, 1.807) is 26.2 Å². The zero-order valence-electron chi connectivity index (χ0n) is 25.6. The molecule has 45 heavy (non-hydrogen) atoms. The first-order chi connectivity index (χ1) is 21.5. The number of hydrogen-bond acceptors (Lipinski definition) is 7. The number of nitrogens with zero attached hydrogens (tertiary/aromatic N) is 3. The Bertz CT molecular complexity index is 1660.